The van der Waals surface area contributed by atoms with Crippen LogP contribution in [0.4, 0.5) is 0 Å². The molecule has 0 fully saturated rings. The average molecular weight is 307 g/mol. The van der Waals surface area contributed by atoms with Crippen molar-refractivity contribution in [2.75, 3.05) is 20.2 Å². The highest BCUT2D eigenvalue weighted by Crippen LogP contribution is 2.14. The van der Waals surface area contributed by atoms with Gasteiger partial charge in [-0.05, 0) is 37.0 Å². The summed E-state index contributed by atoms with van der Waals surface area (Å²) in [6.07, 6.45) is 4.89. The van der Waals surface area contributed by atoms with Crippen LogP contribution in [0.25, 0.3) is 0 Å². The molecule has 6 nitrogen and oxygen atoms in total. The van der Waals surface area contributed by atoms with Crippen molar-refractivity contribution in [3.8, 4) is 5.75 Å². The maximum absolute atomic E-state index is 10.4. The summed E-state index contributed by atoms with van der Waals surface area (Å²) >= 11 is 0. The molecule has 0 aliphatic rings. The molecule has 1 rings (SSSR count). The van der Waals surface area contributed by atoms with Gasteiger partial charge in [0.15, 0.2) is 5.82 Å². The zero-order chi connectivity index (χ0) is 16.2. The molecule has 0 unspecified atom stereocenters. The summed E-state index contributed by atoms with van der Waals surface area (Å²) in [6.45, 7) is 3.47. The first kappa shape index (κ1) is 17.8. The number of hydrogen-bond donors (Lipinski definition) is 2. The molecule has 0 bridgehead atoms. The molecule has 0 atom stereocenters. The number of rotatable bonds is 11. The highest BCUT2D eigenvalue weighted by molar-refractivity contribution is 5.28. The third-order valence-electron chi connectivity index (χ3n) is 3.10. The van der Waals surface area contributed by atoms with Crippen LogP contribution in [0.3, 0.4) is 0 Å². The fourth-order valence-corrected chi connectivity index (χ4v) is 2.02. The van der Waals surface area contributed by atoms with Crippen LogP contribution in [0, 0.1) is 10.1 Å². The van der Waals surface area contributed by atoms with E-state index in [9.17, 15) is 10.1 Å². The second-order valence-electron chi connectivity index (χ2n) is 4.96. The van der Waals surface area contributed by atoms with E-state index >= 15 is 0 Å². The van der Waals surface area contributed by atoms with Crippen molar-refractivity contribution in [1.29, 1.82) is 0 Å². The number of aryl methyl sites for hydroxylation is 1. The van der Waals surface area contributed by atoms with Gasteiger partial charge in [0.25, 0.3) is 6.20 Å². The van der Waals surface area contributed by atoms with E-state index in [2.05, 4.69) is 29.7 Å². The molecule has 0 saturated heterocycles. The molecule has 0 aromatic heterocycles. The molecule has 0 aliphatic carbocycles. The minimum Gasteiger partial charge on any atom is -0.494 e. The van der Waals surface area contributed by atoms with Crippen molar-refractivity contribution >= 4 is 0 Å². The first-order valence-corrected chi connectivity index (χ1v) is 7.64. The second-order valence-corrected chi connectivity index (χ2v) is 4.96. The predicted molar refractivity (Wildman–Crippen MR) is 87.3 cm³/mol. The maximum Gasteiger partial charge on any atom is 0.274 e. The van der Waals surface area contributed by atoms with Crippen LogP contribution in [0.1, 0.15) is 31.7 Å². The number of nitrogens with zero attached hydrogens (tertiary/aromatic N) is 1. The molecule has 0 radical (unpaired) electrons. The monoisotopic (exact) mass is 307 g/mol. The van der Waals surface area contributed by atoms with Gasteiger partial charge in [-0.15, -0.1) is 0 Å². The van der Waals surface area contributed by atoms with Gasteiger partial charge in [0.05, 0.1) is 11.5 Å². The fraction of sp³-hybridized carbons (Fsp3) is 0.500. The number of benzene rings is 1. The number of unbranched alkanes of at least 4 members (excludes halogenated alkanes) is 1. The molecule has 0 saturated carbocycles. The Morgan fingerprint density at radius 1 is 1.41 bits per heavy atom. The van der Waals surface area contributed by atoms with Crippen molar-refractivity contribution in [2.45, 2.75) is 32.6 Å². The first-order valence-electron chi connectivity index (χ1n) is 7.64. The second kappa shape index (κ2) is 10.5. The van der Waals surface area contributed by atoms with Crippen LogP contribution in [0.5, 0.6) is 5.75 Å². The van der Waals surface area contributed by atoms with Crippen molar-refractivity contribution in [1.82, 2.24) is 10.6 Å². The quantitative estimate of drug-likeness (QED) is 0.373. The van der Waals surface area contributed by atoms with E-state index in [1.165, 1.54) is 5.56 Å². The first-order chi connectivity index (χ1) is 10.7. The molecule has 2 N–H and O–H groups in total. The lowest BCUT2D eigenvalue weighted by atomic mass is 10.1. The number of ether oxygens (including phenoxy) is 1. The highest BCUT2D eigenvalue weighted by Gasteiger charge is 2.00. The number of nitrogens with one attached hydrogen (secondary N) is 2. The lowest BCUT2D eigenvalue weighted by molar-refractivity contribution is -0.404. The summed E-state index contributed by atoms with van der Waals surface area (Å²) in [7, 11) is 1.65. The molecular weight excluding hydrogens is 282 g/mol. The SMILES string of the molecule is CCCc1cccc(OCCCCNC(=C[N+](=O)[O-])NC)c1. The van der Waals surface area contributed by atoms with Crippen LogP contribution < -0.4 is 15.4 Å². The molecule has 0 aliphatic heterocycles. The van der Waals surface area contributed by atoms with Crippen LogP contribution in [-0.4, -0.2) is 25.1 Å². The summed E-state index contributed by atoms with van der Waals surface area (Å²) in [5.41, 5.74) is 1.30. The Morgan fingerprint density at radius 3 is 2.91 bits per heavy atom. The minimum atomic E-state index is -0.481. The zero-order valence-electron chi connectivity index (χ0n) is 13.3. The Morgan fingerprint density at radius 2 is 2.23 bits per heavy atom. The molecule has 0 spiro atoms. The molecule has 0 amide bonds. The van der Waals surface area contributed by atoms with Crippen LogP contribution >= 0.6 is 0 Å². The lowest BCUT2D eigenvalue weighted by Gasteiger charge is -2.09. The molecule has 0 heterocycles. The van der Waals surface area contributed by atoms with E-state index in [1.807, 2.05) is 12.1 Å². The third kappa shape index (κ3) is 7.52. The summed E-state index contributed by atoms with van der Waals surface area (Å²) in [4.78, 5) is 9.88. The largest absolute Gasteiger partial charge is 0.494 e. The molecular formula is C16H25N3O3. The summed E-state index contributed by atoms with van der Waals surface area (Å²) < 4.78 is 5.72. The normalized spacial score (nSPS) is 11.1. The molecule has 1 aromatic rings. The van der Waals surface area contributed by atoms with E-state index in [1.54, 1.807) is 7.05 Å². The van der Waals surface area contributed by atoms with Gasteiger partial charge in [0.1, 0.15) is 5.75 Å². The summed E-state index contributed by atoms with van der Waals surface area (Å²) in [5.74, 6) is 1.32. The molecule has 22 heavy (non-hydrogen) atoms. The third-order valence-corrected chi connectivity index (χ3v) is 3.10. The van der Waals surface area contributed by atoms with E-state index in [0.29, 0.717) is 19.0 Å². The van der Waals surface area contributed by atoms with E-state index in [-0.39, 0.29) is 0 Å². The van der Waals surface area contributed by atoms with Crippen molar-refractivity contribution < 1.29 is 9.66 Å². The van der Waals surface area contributed by atoms with Gasteiger partial charge in [-0.25, -0.2) is 0 Å². The maximum atomic E-state index is 10.4. The van der Waals surface area contributed by atoms with E-state index in [4.69, 9.17) is 4.74 Å². The van der Waals surface area contributed by atoms with Gasteiger partial charge >= 0.3 is 0 Å². The van der Waals surface area contributed by atoms with Gasteiger partial charge in [-0.3, -0.25) is 10.1 Å². The Bertz CT molecular complexity index is 489. The Hall–Kier alpha value is -2.24. The fourth-order valence-electron chi connectivity index (χ4n) is 2.02. The van der Waals surface area contributed by atoms with Crippen molar-refractivity contribution in [3.63, 3.8) is 0 Å². The van der Waals surface area contributed by atoms with Crippen molar-refractivity contribution in [2.24, 2.45) is 0 Å². The van der Waals surface area contributed by atoms with Crippen molar-refractivity contribution in [3.05, 3.63) is 52.0 Å². The smallest absolute Gasteiger partial charge is 0.274 e. The van der Waals surface area contributed by atoms with Gasteiger partial charge in [0, 0.05) is 13.6 Å². The number of nitro groups is 1. The van der Waals surface area contributed by atoms with Gasteiger partial charge in [-0.2, -0.15) is 0 Å². The molecule has 1 aromatic carbocycles. The average Bonchev–Trinajstić information content (AvgIpc) is 2.50. The Balaban J connectivity index is 2.20. The Kier molecular flexibility index (Phi) is 8.49. The minimum absolute atomic E-state index is 0.415. The zero-order valence-corrected chi connectivity index (χ0v) is 13.3. The number of hydrogen-bond acceptors (Lipinski definition) is 5. The van der Waals surface area contributed by atoms with Gasteiger partial charge in [0.2, 0.25) is 0 Å². The molecule has 6 heteroatoms. The van der Waals surface area contributed by atoms with Crippen LogP contribution in [-0.2, 0) is 6.42 Å². The van der Waals surface area contributed by atoms with E-state index in [0.717, 1.165) is 37.6 Å². The van der Waals surface area contributed by atoms with Gasteiger partial charge in [-0.1, -0.05) is 25.5 Å². The lowest BCUT2D eigenvalue weighted by Crippen LogP contribution is -2.25. The van der Waals surface area contributed by atoms with Crippen LogP contribution in [0.15, 0.2) is 36.3 Å². The van der Waals surface area contributed by atoms with Crippen LogP contribution in [0.2, 0.25) is 0 Å². The highest BCUT2D eigenvalue weighted by atomic mass is 16.6. The summed E-state index contributed by atoms with van der Waals surface area (Å²) in [5, 5.41) is 16.1. The molecule has 122 valence electrons. The topological polar surface area (TPSA) is 76.4 Å². The van der Waals surface area contributed by atoms with Gasteiger partial charge < -0.3 is 15.4 Å². The standard InChI is InChI=1S/C16H25N3O3/c1-3-7-14-8-6-9-15(12-14)22-11-5-4-10-18-16(17-2)13-19(20)21/h6,8-9,12-13,17-18H,3-5,7,10-11H2,1-2H3. The summed E-state index contributed by atoms with van der Waals surface area (Å²) in [6, 6.07) is 8.18. The van der Waals surface area contributed by atoms with E-state index < -0.39 is 4.92 Å². The predicted octanol–water partition coefficient (Wildman–Crippen LogP) is 2.68. The Labute approximate surface area is 131 Å².